The summed E-state index contributed by atoms with van der Waals surface area (Å²) >= 11 is 0. The molecule has 3 rings (SSSR count). The molecule has 2 aromatic rings. The Balaban J connectivity index is 0.00000108. The van der Waals surface area contributed by atoms with Crippen molar-refractivity contribution in [2.24, 2.45) is 0 Å². The molecule has 3 heteroatoms. The summed E-state index contributed by atoms with van der Waals surface area (Å²) in [6, 6.07) is 15.4. The number of fused-ring (bicyclic) bond motifs is 1. The van der Waals surface area contributed by atoms with Gasteiger partial charge in [-0.25, -0.2) is 0 Å². The average Bonchev–Trinajstić information content (AvgIpc) is 2.39. The molecule has 1 saturated heterocycles. The normalized spacial score (nSPS) is 19.9. The lowest BCUT2D eigenvalue weighted by Gasteiger charge is -2.24. The molecule has 0 unspecified atom stereocenters. The summed E-state index contributed by atoms with van der Waals surface area (Å²) in [6.07, 6.45) is 0. The van der Waals surface area contributed by atoms with Crippen LogP contribution in [0.4, 0.5) is 0 Å². The topological polar surface area (TPSA) is 21.3 Å². The van der Waals surface area contributed by atoms with Crippen LogP contribution in [0.25, 0.3) is 10.8 Å². The predicted molar refractivity (Wildman–Crippen MR) is 72.8 cm³/mol. The lowest BCUT2D eigenvalue weighted by atomic mass is 10.0. The second kappa shape index (κ2) is 5.50. The summed E-state index contributed by atoms with van der Waals surface area (Å²) < 4.78 is 5.49. The number of morpholine rings is 1. The molecule has 2 aromatic carbocycles. The molecule has 0 spiro atoms. The van der Waals surface area contributed by atoms with Crippen LogP contribution in [0.1, 0.15) is 11.6 Å². The van der Waals surface area contributed by atoms with Gasteiger partial charge < -0.3 is 10.1 Å². The van der Waals surface area contributed by atoms with E-state index in [-0.39, 0.29) is 12.4 Å². The lowest BCUT2D eigenvalue weighted by molar-refractivity contribution is 0.0769. The molecule has 0 radical (unpaired) electrons. The Morgan fingerprint density at radius 2 is 1.88 bits per heavy atom. The largest absolute Gasteiger partial charge is 0.378 e. The fraction of sp³-hybridized carbons (Fsp3) is 0.286. The SMILES string of the molecule is Cl.c1ccc2cc([C@H]3COCCN3)ccc2c1. The number of halogens is 1. The molecular weight excluding hydrogens is 234 g/mol. The summed E-state index contributed by atoms with van der Waals surface area (Å²) in [6.45, 7) is 2.54. The molecule has 1 fully saturated rings. The van der Waals surface area contributed by atoms with Crippen molar-refractivity contribution in [3.8, 4) is 0 Å². The van der Waals surface area contributed by atoms with Gasteiger partial charge in [0, 0.05) is 6.54 Å². The Hall–Kier alpha value is -1.09. The van der Waals surface area contributed by atoms with E-state index >= 15 is 0 Å². The molecule has 1 heterocycles. The van der Waals surface area contributed by atoms with Crippen molar-refractivity contribution in [3.63, 3.8) is 0 Å². The molecule has 0 saturated carbocycles. The Morgan fingerprint density at radius 3 is 2.65 bits per heavy atom. The van der Waals surface area contributed by atoms with Crippen molar-refractivity contribution in [2.75, 3.05) is 19.8 Å². The van der Waals surface area contributed by atoms with E-state index in [0.29, 0.717) is 6.04 Å². The summed E-state index contributed by atoms with van der Waals surface area (Å²) in [4.78, 5) is 0. The highest BCUT2D eigenvalue weighted by Gasteiger charge is 2.14. The Kier molecular flexibility index (Phi) is 4.00. The van der Waals surface area contributed by atoms with E-state index in [9.17, 15) is 0 Å². The summed E-state index contributed by atoms with van der Waals surface area (Å²) in [7, 11) is 0. The first-order valence-corrected chi connectivity index (χ1v) is 5.73. The van der Waals surface area contributed by atoms with E-state index in [1.54, 1.807) is 0 Å². The highest BCUT2D eigenvalue weighted by Crippen LogP contribution is 2.21. The van der Waals surface area contributed by atoms with E-state index < -0.39 is 0 Å². The molecule has 0 amide bonds. The second-order valence-electron chi connectivity index (χ2n) is 4.19. The van der Waals surface area contributed by atoms with Gasteiger partial charge in [-0.3, -0.25) is 0 Å². The Morgan fingerprint density at radius 1 is 1.06 bits per heavy atom. The number of hydrogen-bond acceptors (Lipinski definition) is 2. The van der Waals surface area contributed by atoms with Crippen LogP contribution in [0, 0.1) is 0 Å². The second-order valence-corrected chi connectivity index (χ2v) is 4.19. The molecule has 1 N–H and O–H groups in total. The molecule has 17 heavy (non-hydrogen) atoms. The van der Waals surface area contributed by atoms with Gasteiger partial charge in [-0.1, -0.05) is 36.4 Å². The maximum atomic E-state index is 5.49. The van der Waals surface area contributed by atoms with E-state index in [1.165, 1.54) is 16.3 Å². The zero-order valence-corrected chi connectivity index (χ0v) is 10.4. The van der Waals surface area contributed by atoms with Crippen molar-refractivity contribution >= 4 is 23.2 Å². The van der Waals surface area contributed by atoms with E-state index in [2.05, 4.69) is 47.8 Å². The van der Waals surface area contributed by atoms with Crippen LogP contribution in [0.3, 0.4) is 0 Å². The van der Waals surface area contributed by atoms with Crippen LogP contribution < -0.4 is 5.32 Å². The molecule has 1 aliphatic heterocycles. The van der Waals surface area contributed by atoms with Crippen molar-refractivity contribution < 1.29 is 4.74 Å². The van der Waals surface area contributed by atoms with Gasteiger partial charge in [0.1, 0.15) is 0 Å². The number of rotatable bonds is 1. The molecular formula is C14H16ClNO. The molecule has 0 bridgehead atoms. The fourth-order valence-electron chi connectivity index (χ4n) is 2.20. The van der Waals surface area contributed by atoms with Crippen LogP contribution in [-0.2, 0) is 4.74 Å². The average molecular weight is 250 g/mol. The van der Waals surface area contributed by atoms with Gasteiger partial charge in [0.15, 0.2) is 0 Å². The van der Waals surface area contributed by atoms with Gasteiger partial charge in [0.2, 0.25) is 0 Å². The van der Waals surface area contributed by atoms with Gasteiger partial charge in [-0.15, -0.1) is 12.4 Å². The van der Waals surface area contributed by atoms with Gasteiger partial charge >= 0.3 is 0 Å². The smallest absolute Gasteiger partial charge is 0.0662 e. The van der Waals surface area contributed by atoms with Crippen molar-refractivity contribution in [1.29, 1.82) is 0 Å². The Labute approximate surface area is 107 Å². The first-order valence-electron chi connectivity index (χ1n) is 5.73. The molecule has 1 atom stereocenters. The van der Waals surface area contributed by atoms with Crippen molar-refractivity contribution in [1.82, 2.24) is 5.32 Å². The first-order chi connectivity index (χ1) is 7.93. The molecule has 90 valence electrons. The maximum absolute atomic E-state index is 5.49. The van der Waals surface area contributed by atoms with Crippen molar-refractivity contribution in [2.45, 2.75) is 6.04 Å². The van der Waals surface area contributed by atoms with Crippen LogP contribution >= 0.6 is 12.4 Å². The zero-order chi connectivity index (χ0) is 10.8. The quantitative estimate of drug-likeness (QED) is 0.839. The maximum Gasteiger partial charge on any atom is 0.0662 e. The Bertz CT molecular complexity index is 494. The number of nitrogens with one attached hydrogen (secondary N) is 1. The highest BCUT2D eigenvalue weighted by molar-refractivity contribution is 5.85. The van der Waals surface area contributed by atoms with E-state index in [4.69, 9.17) is 4.74 Å². The minimum Gasteiger partial charge on any atom is -0.378 e. The standard InChI is InChI=1S/C14H15NO.ClH/c1-2-4-12-9-13(6-5-11(12)3-1)14-10-16-8-7-15-14;/h1-6,9,14-15H,7-8,10H2;1H/t14-;/m1./s1. The minimum atomic E-state index is 0. The van der Waals surface area contributed by atoms with Gasteiger partial charge in [0.25, 0.3) is 0 Å². The van der Waals surface area contributed by atoms with Gasteiger partial charge in [-0.2, -0.15) is 0 Å². The van der Waals surface area contributed by atoms with Gasteiger partial charge in [-0.05, 0) is 22.4 Å². The van der Waals surface area contributed by atoms with E-state index in [1.807, 2.05) is 0 Å². The van der Waals surface area contributed by atoms with Crippen LogP contribution in [-0.4, -0.2) is 19.8 Å². The molecule has 0 aliphatic carbocycles. The highest BCUT2D eigenvalue weighted by atomic mass is 35.5. The summed E-state index contributed by atoms with van der Waals surface area (Å²) in [5.74, 6) is 0. The third kappa shape index (κ3) is 2.60. The van der Waals surface area contributed by atoms with Crippen molar-refractivity contribution in [3.05, 3.63) is 48.0 Å². The van der Waals surface area contributed by atoms with Crippen LogP contribution in [0.15, 0.2) is 42.5 Å². The number of ether oxygens (including phenoxy) is 1. The molecule has 2 nitrogen and oxygen atoms in total. The van der Waals surface area contributed by atoms with Crippen LogP contribution in [0.2, 0.25) is 0 Å². The van der Waals surface area contributed by atoms with Crippen LogP contribution in [0.5, 0.6) is 0 Å². The third-order valence-corrected chi connectivity index (χ3v) is 3.10. The monoisotopic (exact) mass is 249 g/mol. The summed E-state index contributed by atoms with van der Waals surface area (Å²) in [5.41, 5.74) is 1.32. The third-order valence-electron chi connectivity index (χ3n) is 3.10. The number of benzene rings is 2. The minimum absolute atomic E-state index is 0. The zero-order valence-electron chi connectivity index (χ0n) is 9.56. The van der Waals surface area contributed by atoms with Gasteiger partial charge in [0.05, 0.1) is 19.3 Å². The molecule has 0 aromatic heterocycles. The van der Waals surface area contributed by atoms with E-state index in [0.717, 1.165) is 19.8 Å². The summed E-state index contributed by atoms with van der Waals surface area (Å²) in [5, 5.41) is 6.07. The fourth-order valence-corrected chi connectivity index (χ4v) is 2.20. The number of hydrogen-bond donors (Lipinski definition) is 1. The first kappa shape index (κ1) is 12.4. The lowest BCUT2D eigenvalue weighted by Crippen LogP contribution is -2.34. The molecule has 1 aliphatic rings. The predicted octanol–water partition coefficient (Wildman–Crippen LogP) is 2.92.